The molecule has 2 rings (SSSR count). The molecular weight excluding hydrogens is 389 g/mol. The van der Waals surface area contributed by atoms with Gasteiger partial charge >= 0.3 is 0 Å². The van der Waals surface area contributed by atoms with E-state index in [1.54, 1.807) is 6.07 Å². The van der Waals surface area contributed by atoms with Crippen LogP contribution >= 0.6 is 43.5 Å². The molecule has 0 amide bonds. The Kier molecular flexibility index (Phi) is 4.41. The van der Waals surface area contributed by atoms with E-state index < -0.39 is 11.6 Å². The topological polar surface area (TPSA) is 0 Å². The van der Waals surface area contributed by atoms with Crippen molar-refractivity contribution in [3.63, 3.8) is 0 Å². The summed E-state index contributed by atoms with van der Waals surface area (Å²) in [6, 6.07) is 9.18. The van der Waals surface area contributed by atoms with Crippen LogP contribution in [0.3, 0.4) is 0 Å². The Morgan fingerprint density at radius 1 is 1.00 bits per heavy atom. The standard InChI is InChI=1S/C13H7Br2ClF2/c14-8-2-3-10(16)9(6-8)13(15)7-1-4-11(17)12(18)5-7/h1-6,13H. The highest BCUT2D eigenvalue weighted by Gasteiger charge is 2.16. The second-order valence-corrected chi connectivity index (χ2v) is 5.94. The van der Waals surface area contributed by atoms with E-state index in [0.717, 1.165) is 22.2 Å². The summed E-state index contributed by atoms with van der Waals surface area (Å²) in [7, 11) is 0. The Morgan fingerprint density at radius 3 is 2.39 bits per heavy atom. The van der Waals surface area contributed by atoms with Gasteiger partial charge in [-0.25, -0.2) is 8.78 Å². The Balaban J connectivity index is 2.44. The van der Waals surface area contributed by atoms with Crippen molar-refractivity contribution in [3.8, 4) is 0 Å². The summed E-state index contributed by atoms with van der Waals surface area (Å²) in [5, 5.41) is 0.560. The predicted octanol–water partition coefficient (Wildman–Crippen LogP) is 5.87. The first-order chi connectivity index (χ1) is 8.49. The SMILES string of the molecule is Fc1ccc(C(Br)c2cc(Br)ccc2Cl)cc1F. The van der Waals surface area contributed by atoms with Crippen LogP contribution in [-0.4, -0.2) is 0 Å². The molecule has 0 saturated heterocycles. The van der Waals surface area contributed by atoms with E-state index in [-0.39, 0.29) is 4.83 Å². The third-order valence-electron chi connectivity index (χ3n) is 2.47. The summed E-state index contributed by atoms with van der Waals surface area (Å²) < 4.78 is 27.0. The predicted molar refractivity (Wildman–Crippen MR) is 76.3 cm³/mol. The number of hydrogen-bond acceptors (Lipinski definition) is 0. The van der Waals surface area contributed by atoms with Gasteiger partial charge in [-0.15, -0.1) is 0 Å². The monoisotopic (exact) mass is 394 g/mol. The van der Waals surface area contributed by atoms with Gasteiger partial charge in [-0.2, -0.15) is 0 Å². The highest BCUT2D eigenvalue weighted by molar-refractivity contribution is 9.10. The average molecular weight is 396 g/mol. The molecule has 2 aromatic rings. The molecule has 0 bridgehead atoms. The van der Waals surface area contributed by atoms with E-state index in [0.29, 0.717) is 10.6 Å². The summed E-state index contributed by atoms with van der Waals surface area (Å²) in [6.07, 6.45) is 0. The number of benzene rings is 2. The summed E-state index contributed by atoms with van der Waals surface area (Å²) in [5.41, 5.74) is 1.39. The molecule has 2 aromatic carbocycles. The molecule has 0 aromatic heterocycles. The molecule has 1 unspecified atom stereocenters. The van der Waals surface area contributed by atoms with Crippen molar-refractivity contribution in [2.75, 3.05) is 0 Å². The Morgan fingerprint density at radius 2 is 1.72 bits per heavy atom. The zero-order chi connectivity index (χ0) is 13.3. The molecule has 1 atom stereocenters. The maximum Gasteiger partial charge on any atom is 0.159 e. The first-order valence-electron chi connectivity index (χ1n) is 5.03. The zero-order valence-corrected chi connectivity index (χ0v) is 12.9. The summed E-state index contributed by atoms with van der Waals surface area (Å²) in [6.45, 7) is 0. The molecular formula is C13H7Br2ClF2. The minimum atomic E-state index is -0.872. The molecule has 0 N–H and O–H groups in total. The van der Waals surface area contributed by atoms with Crippen LogP contribution in [0.5, 0.6) is 0 Å². The third kappa shape index (κ3) is 2.92. The van der Waals surface area contributed by atoms with Crippen LogP contribution in [0.25, 0.3) is 0 Å². The lowest BCUT2D eigenvalue weighted by Crippen LogP contribution is -1.96. The molecule has 0 aliphatic heterocycles. The van der Waals surface area contributed by atoms with Gasteiger partial charge in [0.25, 0.3) is 0 Å². The van der Waals surface area contributed by atoms with E-state index in [2.05, 4.69) is 31.9 Å². The van der Waals surface area contributed by atoms with Gasteiger partial charge in [0.15, 0.2) is 11.6 Å². The molecule has 0 aliphatic rings. The maximum atomic E-state index is 13.2. The van der Waals surface area contributed by atoms with Crippen molar-refractivity contribution in [3.05, 3.63) is 68.7 Å². The fourth-order valence-corrected chi connectivity index (χ4v) is 2.96. The quantitative estimate of drug-likeness (QED) is 0.558. The minimum absolute atomic E-state index is 0.294. The number of halogens is 5. The van der Waals surface area contributed by atoms with Crippen molar-refractivity contribution >= 4 is 43.5 Å². The lowest BCUT2D eigenvalue weighted by molar-refractivity contribution is 0.507. The van der Waals surface area contributed by atoms with Gasteiger partial charge < -0.3 is 0 Å². The van der Waals surface area contributed by atoms with Crippen LogP contribution in [0, 0.1) is 11.6 Å². The van der Waals surface area contributed by atoms with Crippen molar-refractivity contribution < 1.29 is 8.78 Å². The highest BCUT2D eigenvalue weighted by Crippen LogP contribution is 2.37. The molecule has 0 spiro atoms. The normalized spacial score (nSPS) is 12.5. The van der Waals surface area contributed by atoms with Gasteiger partial charge in [0.05, 0.1) is 4.83 Å². The van der Waals surface area contributed by atoms with Gasteiger partial charge in [-0.05, 0) is 41.5 Å². The molecule has 0 heterocycles. The largest absolute Gasteiger partial charge is 0.204 e. The summed E-state index contributed by atoms with van der Waals surface area (Å²) in [5.74, 6) is -1.73. The van der Waals surface area contributed by atoms with Crippen molar-refractivity contribution in [2.45, 2.75) is 4.83 Å². The Hall–Kier alpha value is -0.450. The third-order valence-corrected chi connectivity index (χ3v) is 4.33. The average Bonchev–Trinajstić information content (AvgIpc) is 2.35. The Bertz CT molecular complexity index is 587. The lowest BCUT2D eigenvalue weighted by Gasteiger charge is -2.13. The number of hydrogen-bond donors (Lipinski definition) is 0. The van der Waals surface area contributed by atoms with Crippen LogP contribution in [-0.2, 0) is 0 Å². The first-order valence-corrected chi connectivity index (χ1v) is 7.11. The highest BCUT2D eigenvalue weighted by atomic mass is 79.9. The molecule has 18 heavy (non-hydrogen) atoms. The van der Waals surface area contributed by atoms with Crippen molar-refractivity contribution in [1.29, 1.82) is 0 Å². The molecule has 0 fully saturated rings. The van der Waals surface area contributed by atoms with Gasteiger partial charge in [-0.1, -0.05) is 49.5 Å². The molecule has 94 valence electrons. The van der Waals surface area contributed by atoms with Gasteiger partial charge in [-0.3, -0.25) is 0 Å². The number of rotatable bonds is 2. The second-order valence-electron chi connectivity index (χ2n) is 3.70. The van der Waals surface area contributed by atoms with Crippen LogP contribution in [0.1, 0.15) is 16.0 Å². The minimum Gasteiger partial charge on any atom is -0.204 e. The van der Waals surface area contributed by atoms with Gasteiger partial charge in [0, 0.05) is 9.50 Å². The Labute approximate surface area is 125 Å². The zero-order valence-electron chi connectivity index (χ0n) is 8.93. The van der Waals surface area contributed by atoms with E-state index >= 15 is 0 Å². The van der Waals surface area contributed by atoms with E-state index in [1.807, 2.05) is 12.1 Å². The van der Waals surface area contributed by atoms with Crippen LogP contribution in [0.15, 0.2) is 40.9 Å². The molecule has 5 heteroatoms. The molecule has 0 aliphatic carbocycles. The second kappa shape index (κ2) is 5.68. The van der Waals surface area contributed by atoms with Crippen LogP contribution < -0.4 is 0 Å². The first kappa shape index (κ1) is 14.0. The summed E-state index contributed by atoms with van der Waals surface area (Å²) >= 11 is 12.9. The van der Waals surface area contributed by atoms with E-state index in [4.69, 9.17) is 11.6 Å². The van der Waals surface area contributed by atoms with E-state index in [9.17, 15) is 8.78 Å². The van der Waals surface area contributed by atoms with Crippen molar-refractivity contribution in [1.82, 2.24) is 0 Å². The molecule has 0 radical (unpaired) electrons. The van der Waals surface area contributed by atoms with Gasteiger partial charge in [0.2, 0.25) is 0 Å². The lowest BCUT2D eigenvalue weighted by atomic mass is 10.0. The fraction of sp³-hybridized carbons (Fsp3) is 0.0769. The summed E-state index contributed by atoms with van der Waals surface area (Å²) in [4.78, 5) is -0.294. The van der Waals surface area contributed by atoms with Crippen LogP contribution in [0.4, 0.5) is 8.78 Å². The fourth-order valence-electron chi connectivity index (χ4n) is 1.56. The van der Waals surface area contributed by atoms with Gasteiger partial charge in [0.1, 0.15) is 0 Å². The van der Waals surface area contributed by atoms with Crippen LogP contribution in [0.2, 0.25) is 5.02 Å². The van der Waals surface area contributed by atoms with E-state index in [1.165, 1.54) is 6.07 Å². The molecule has 0 nitrogen and oxygen atoms in total. The smallest absolute Gasteiger partial charge is 0.159 e. The number of alkyl halides is 1. The van der Waals surface area contributed by atoms with Crippen molar-refractivity contribution in [2.24, 2.45) is 0 Å². The maximum absolute atomic E-state index is 13.2. The molecule has 0 saturated carbocycles.